The molecule has 0 aliphatic heterocycles. The second kappa shape index (κ2) is 9.60. The van der Waals surface area contributed by atoms with Gasteiger partial charge in [-0.3, -0.25) is 9.59 Å². The molecule has 5 aliphatic carbocycles. The Morgan fingerprint density at radius 1 is 0.872 bits per heavy atom. The summed E-state index contributed by atoms with van der Waals surface area (Å²) in [7, 11) is 1.62. The molecular weight excluding hydrogens is 488 g/mol. The maximum absolute atomic E-state index is 12.9. The molecule has 10 atom stereocenters. The van der Waals surface area contributed by atoms with Crippen LogP contribution in [-0.2, 0) is 19.1 Å². The van der Waals surface area contributed by atoms with Gasteiger partial charge in [0.15, 0.2) is 0 Å². The zero-order valence-corrected chi connectivity index (χ0v) is 25.7. The van der Waals surface area contributed by atoms with E-state index >= 15 is 0 Å². The maximum Gasteiger partial charge on any atom is 0.309 e. The van der Waals surface area contributed by atoms with Crippen molar-refractivity contribution in [1.82, 2.24) is 0 Å². The molecule has 39 heavy (non-hydrogen) atoms. The van der Waals surface area contributed by atoms with Crippen LogP contribution >= 0.6 is 0 Å². The quantitative estimate of drug-likeness (QED) is 0.275. The Kier molecular flexibility index (Phi) is 7.17. The van der Waals surface area contributed by atoms with Crippen molar-refractivity contribution in [3.05, 3.63) is 12.2 Å². The Balaban J connectivity index is 1.45. The first-order valence-corrected chi connectivity index (χ1v) is 15.8. The summed E-state index contributed by atoms with van der Waals surface area (Å²) in [5.74, 6) is 1.42. The second-order valence-electron chi connectivity index (χ2n) is 15.7. The highest BCUT2D eigenvalue weighted by atomic mass is 16.5. The van der Waals surface area contributed by atoms with Crippen LogP contribution in [0.25, 0.3) is 0 Å². The van der Waals surface area contributed by atoms with Crippen LogP contribution < -0.4 is 0 Å². The summed E-state index contributed by atoms with van der Waals surface area (Å²) in [5.41, 5.74) is 1.08. The topological polar surface area (TPSA) is 72.8 Å². The fraction of sp³-hybridized carbons (Fsp3) is 0.882. The van der Waals surface area contributed by atoms with Crippen molar-refractivity contribution in [1.29, 1.82) is 0 Å². The van der Waals surface area contributed by atoms with Crippen LogP contribution in [0.15, 0.2) is 12.2 Å². The summed E-state index contributed by atoms with van der Waals surface area (Å²) in [6, 6.07) is 0. The van der Waals surface area contributed by atoms with E-state index in [2.05, 4.69) is 48.1 Å². The molecule has 1 N–H and O–H groups in total. The molecule has 0 spiro atoms. The predicted octanol–water partition coefficient (Wildman–Crippen LogP) is 7.68. The number of carboxylic acids is 1. The molecule has 220 valence electrons. The van der Waals surface area contributed by atoms with E-state index in [9.17, 15) is 14.7 Å². The Morgan fingerprint density at radius 2 is 1.59 bits per heavy atom. The highest BCUT2D eigenvalue weighted by Gasteiger charge is 2.72. The summed E-state index contributed by atoms with van der Waals surface area (Å²) in [4.78, 5) is 25.4. The molecule has 0 aromatic carbocycles. The number of fused-ring (bicyclic) bond motifs is 7. The van der Waals surface area contributed by atoms with E-state index < -0.39 is 11.4 Å². The normalized spacial score (nSPS) is 48.2. The highest BCUT2D eigenvalue weighted by Crippen LogP contribution is 2.77. The molecule has 5 nitrogen and oxygen atoms in total. The van der Waals surface area contributed by atoms with Gasteiger partial charge in [-0.2, -0.15) is 0 Å². The molecule has 5 aliphatic rings. The van der Waals surface area contributed by atoms with Crippen LogP contribution in [0.3, 0.4) is 0 Å². The molecule has 5 rings (SSSR count). The smallest absolute Gasteiger partial charge is 0.309 e. The fourth-order valence-electron chi connectivity index (χ4n) is 12.1. The van der Waals surface area contributed by atoms with Gasteiger partial charge in [-0.15, -0.1) is 0 Å². The summed E-state index contributed by atoms with van der Waals surface area (Å²) in [5, 5.41) is 10.6. The van der Waals surface area contributed by atoms with Gasteiger partial charge >= 0.3 is 11.9 Å². The summed E-state index contributed by atoms with van der Waals surface area (Å²) >= 11 is 0. The summed E-state index contributed by atoms with van der Waals surface area (Å²) in [6.07, 6.45) is 10.6. The molecule has 0 aromatic heterocycles. The number of hydrogen-bond acceptors (Lipinski definition) is 4. The molecule has 0 bridgehead atoms. The number of aliphatic carboxylic acids is 1. The first kappa shape index (κ1) is 29.1. The lowest BCUT2D eigenvalue weighted by Crippen LogP contribution is -2.67. The minimum atomic E-state index is -0.565. The lowest BCUT2D eigenvalue weighted by Gasteiger charge is -2.72. The van der Waals surface area contributed by atoms with Crippen molar-refractivity contribution in [3.63, 3.8) is 0 Å². The number of carbonyl (C=O) groups excluding carboxylic acids is 1. The van der Waals surface area contributed by atoms with Gasteiger partial charge in [-0.05, 0) is 117 Å². The first-order chi connectivity index (χ1) is 18.2. The number of allylic oxidation sites excluding steroid dienone is 1. The number of methoxy groups -OCH3 is 1. The van der Waals surface area contributed by atoms with Crippen LogP contribution in [-0.4, -0.2) is 36.9 Å². The van der Waals surface area contributed by atoms with Gasteiger partial charge in [0, 0.05) is 12.5 Å². The number of hydrogen-bond donors (Lipinski definition) is 1. The van der Waals surface area contributed by atoms with E-state index in [0.717, 1.165) is 51.4 Å². The zero-order valence-electron chi connectivity index (χ0n) is 25.7. The summed E-state index contributed by atoms with van der Waals surface area (Å²) < 4.78 is 11.2. The Hall–Kier alpha value is -1.36. The molecule has 0 heterocycles. The van der Waals surface area contributed by atoms with Crippen molar-refractivity contribution < 1.29 is 24.2 Å². The second-order valence-corrected chi connectivity index (χ2v) is 15.7. The van der Waals surface area contributed by atoms with Crippen molar-refractivity contribution in [2.75, 3.05) is 13.7 Å². The number of carboxylic acid groups (broad SMARTS) is 1. The monoisotopic (exact) mass is 542 g/mol. The van der Waals surface area contributed by atoms with E-state index in [-0.39, 0.29) is 39.7 Å². The van der Waals surface area contributed by atoms with Crippen LogP contribution in [0.5, 0.6) is 0 Å². The molecular formula is C34H54O5. The molecule has 5 fully saturated rings. The largest absolute Gasteiger partial charge is 0.481 e. The van der Waals surface area contributed by atoms with Gasteiger partial charge < -0.3 is 14.6 Å². The number of esters is 1. The molecule has 0 aromatic rings. The third-order valence-corrected chi connectivity index (χ3v) is 14.2. The molecule has 0 amide bonds. The Morgan fingerprint density at radius 3 is 2.23 bits per heavy atom. The average molecular weight is 543 g/mol. The predicted molar refractivity (Wildman–Crippen MR) is 153 cm³/mol. The van der Waals surface area contributed by atoms with Crippen LogP contribution in [0, 0.1) is 56.7 Å². The fourth-order valence-corrected chi connectivity index (χ4v) is 12.1. The van der Waals surface area contributed by atoms with Crippen LogP contribution in [0.2, 0.25) is 0 Å². The Labute approximate surface area is 236 Å². The molecule has 0 radical (unpaired) electrons. The van der Waals surface area contributed by atoms with Gasteiger partial charge in [-0.25, -0.2) is 0 Å². The van der Waals surface area contributed by atoms with Crippen LogP contribution in [0.1, 0.15) is 112 Å². The van der Waals surface area contributed by atoms with Crippen molar-refractivity contribution in [2.45, 2.75) is 118 Å². The minimum Gasteiger partial charge on any atom is -0.481 e. The van der Waals surface area contributed by atoms with E-state index in [0.29, 0.717) is 36.7 Å². The number of ether oxygens (including phenoxy) is 2. The third-order valence-electron chi connectivity index (χ3n) is 14.2. The van der Waals surface area contributed by atoms with Crippen LogP contribution in [0.4, 0.5) is 0 Å². The van der Waals surface area contributed by atoms with Crippen molar-refractivity contribution in [3.8, 4) is 0 Å². The van der Waals surface area contributed by atoms with E-state index in [1.807, 2.05) is 0 Å². The highest BCUT2D eigenvalue weighted by molar-refractivity contribution is 5.76. The first-order valence-electron chi connectivity index (χ1n) is 15.8. The van der Waals surface area contributed by atoms with Gasteiger partial charge in [-0.1, -0.05) is 46.8 Å². The average Bonchev–Trinajstić information content (AvgIpc) is 3.26. The zero-order chi connectivity index (χ0) is 28.6. The SMILES string of the molecule is C=C(C)[C@@H]1CC[C@]2(C(=O)O)CC[C@]3(C)[C@H](CCC4[C@@]5(C)CC[C@H](OC(=O)CCOC)C(C)(C)C5CC[C@]43C)C12. The van der Waals surface area contributed by atoms with Crippen molar-refractivity contribution in [2.24, 2.45) is 56.7 Å². The summed E-state index contributed by atoms with van der Waals surface area (Å²) in [6.45, 7) is 19.3. The van der Waals surface area contributed by atoms with E-state index in [1.54, 1.807) is 7.11 Å². The lowest BCUT2D eigenvalue weighted by molar-refractivity contribution is -0.250. The molecule has 0 saturated heterocycles. The standard InChI is InChI=1S/C34H54O5/c1-21(2)22-11-17-34(29(36)37)19-18-32(6)23(28(22)34)9-10-25-31(5)15-13-26(39-27(35)14-20-38-8)30(3,4)24(31)12-16-33(25,32)7/h22-26,28H,1,9-20H2,2-8H3,(H,36,37)/t22-,23+,24?,25?,26-,28?,31-,32+,33+,34-/m0/s1. The molecule has 5 saturated carbocycles. The van der Waals surface area contributed by atoms with Crippen molar-refractivity contribution >= 4 is 11.9 Å². The van der Waals surface area contributed by atoms with Gasteiger partial charge in [0.05, 0.1) is 18.4 Å². The Bertz CT molecular complexity index is 1020. The van der Waals surface area contributed by atoms with E-state index in [4.69, 9.17) is 9.47 Å². The van der Waals surface area contributed by atoms with Gasteiger partial charge in [0.1, 0.15) is 6.10 Å². The minimum absolute atomic E-state index is 0.0445. The number of carbonyl (C=O) groups is 2. The lowest BCUT2D eigenvalue weighted by atomic mass is 9.32. The van der Waals surface area contributed by atoms with Gasteiger partial charge in [0.25, 0.3) is 0 Å². The third kappa shape index (κ3) is 3.94. The molecule has 5 heteroatoms. The molecule has 3 unspecified atom stereocenters. The maximum atomic E-state index is 12.9. The number of rotatable bonds is 6. The van der Waals surface area contributed by atoms with Gasteiger partial charge in [0.2, 0.25) is 0 Å². The van der Waals surface area contributed by atoms with E-state index in [1.165, 1.54) is 18.4 Å².